The fourth-order valence-corrected chi connectivity index (χ4v) is 0.279. The van der Waals surface area contributed by atoms with Gasteiger partial charge in [-0.3, -0.25) is 0 Å². The van der Waals surface area contributed by atoms with E-state index >= 15 is 0 Å². The summed E-state index contributed by atoms with van der Waals surface area (Å²) in [5.74, 6) is 5.44. The van der Waals surface area contributed by atoms with Gasteiger partial charge in [-0.2, -0.15) is 0 Å². The van der Waals surface area contributed by atoms with Gasteiger partial charge in [0, 0.05) is 0 Å². The molecule has 0 unspecified atom stereocenters. The lowest BCUT2D eigenvalue weighted by atomic mass is 10.4. The van der Waals surface area contributed by atoms with Crippen molar-refractivity contribution in [1.29, 1.82) is 0 Å². The van der Waals surface area contributed by atoms with Crippen LogP contribution in [0.5, 0.6) is 0 Å². The lowest BCUT2D eigenvalue weighted by Gasteiger charge is -1.94. The molecule has 0 aliphatic carbocycles. The second-order valence-corrected chi connectivity index (χ2v) is 1.21. The summed E-state index contributed by atoms with van der Waals surface area (Å²) in [6.45, 7) is 1.99. The third-order valence-electron chi connectivity index (χ3n) is 0.591. The van der Waals surface area contributed by atoms with Gasteiger partial charge in [-0.05, 0) is 12.5 Å². The molecule has 3 heteroatoms. The normalized spacial score (nSPS) is 11.4. The van der Waals surface area contributed by atoms with Crippen LogP contribution in [0.1, 0.15) is 13.3 Å². The van der Waals surface area contributed by atoms with E-state index < -0.39 is 0 Å². The summed E-state index contributed by atoms with van der Waals surface area (Å²) in [5, 5.41) is 0. The molecule has 42 valence electrons. The molecule has 0 saturated carbocycles. The van der Waals surface area contributed by atoms with Crippen LogP contribution in [0.3, 0.4) is 0 Å². The van der Waals surface area contributed by atoms with Crippen LogP contribution in [0.2, 0.25) is 0 Å². The number of hydrogen-bond donors (Lipinski definition) is 3. The molecular weight excluding hydrogens is 90.1 g/mol. The molecule has 0 heterocycles. The van der Waals surface area contributed by atoms with Crippen molar-refractivity contribution in [1.82, 2.24) is 5.43 Å². The van der Waals surface area contributed by atoms with Gasteiger partial charge in [0.1, 0.15) is 5.82 Å². The van der Waals surface area contributed by atoms with Gasteiger partial charge in [0.25, 0.3) is 0 Å². The predicted octanol–water partition coefficient (Wildman–Crippen LogP) is -0.340. The van der Waals surface area contributed by atoms with E-state index in [1.54, 1.807) is 6.08 Å². The molecule has 0 radical (unpaired) electrons. The fraction of sp³-hybridized carbons (Fsp3) is 0.500. The topological polar surface area (TPSA) is 64.1 Å². The van der Waals surface area contributed by atoms with E-state index in [1.807, 2.05) is 6.92 Å². The van der Waals surface area contributed by atoms with Crippen LogP contribution in [0, 0.1) is 0 Å². The Morgan fingerprint density at radius 3 is 2.57 bits per heavy atom. The zero-order chi connectivity index (χ0) is 5.70. The van der Waals surface area contributed by atoms with Crippen molar-refractivity contribution in [3.8, 4) is 0 Å². The lowest BCUT2D eigenvalue weighted by molar-refractivity contribution is 0.857. The van der Waals surface area contributed by atoms with Gasteiger partial charge in [0.15, 0.2) is 0 Å². The molecule has 0 atom stereocenters. The molecule has 0 amide bonds. The highest BCUT2D eigenvalue weighted by molar-refractivity contribution is 4.90. The average Bonchev–Trinajstić information content (AvgIpc) is 1.68. The van der Waals surface area contributed by atoms with Gasteiger partial charge < -0.3 is 11.2 Å². The zero-order valence-electron chi connectivity index (χ0n) is 4.44. The van der Waals surface area contributed by atoms with Gasteiger partial charge in [-0.1, -0.05) is 6.92 Å². The first kappa shape index (κ1) is 6.30. The standard InChI is InChI=1S/C4H11N3/c1-2-3-4(5)7-6/h3,7H,2,5-6H2,1H3/b4-3-. The number of nitrogens with two attached hydrogens (primary N) is 2. The Morgan fingerprint density at radius 2 is 2.43 bits per heavy atom. The van der Waals surface area contributed by atoms with Crippen molar-refractivity contribution in [2.24, 2.45) is 11.6 Å². The molecule has 0 fully saturated rings. The second kappa shape index (κ2) is 3.49. The Labute approximate surface area is 43.3 Å². The molecular formula is C4H11N3. The molecule has 0 aromatic rings. The first-order valence-electron chi connectivity index (χ1n) is 2.23. The van der Waals surface area contributed by atoms with E-state index in [2.05, 4.69) is 5.43 Å². The number of rotatable bonds is 2. The minimum atomic E-state index is 0.530. The maximum absolute atomic E-state index is 5.21. The number of allylic oxidation sites excluding steroid dienone is 1. The Balaban J connectivity index is 3.29. The summed E-state index contributed by atoms with van der Waals surface area (Å²) < 4.78 is 0. The predicted molar refractivity (Wildman–Crippen MR) is 29.9 cm³/mol. The van der Waals surface area contributed by atoms with E-state index in [9.17, 15) is 0 Å². The summed E-state index contributed by atoms with van der Waals surface area (Å²) in [7, 11) is 0. The zero-order valence-corrected chi connectivity index (χ0v) is 4.44. The molecule has 5 N–H and O–H groups in total. The molecule has 0 rings (SSSR count). The molecule has 0 aliphatic heterocycles. The minimum Gasteiger partial charge on any atom is -0.385 e. The largest absolute Gasteiger partial charge is 0.385 e. The Kier molecular flexibility index (Phi) is 3.14. The highest BCUT2D eigenvalue weighted by atomic mass is 15.3. The van der Waals surface area contributed by atoms with Crippen LogP contribution >= 0.6 is 0 Å². The third-order valence-corrected chi connectivity index (χ3v) is 0.591. The Hall–Kier alpha value is -0.700. The van der Waals surface area contributed by atoms with Crippen LogP contribution in [0.4, 0.5) is 0 Å². The maximum Gasteiger partial charge on any atom is 0.106 e. The summed E-state index contributed by atoms with van der Waals surface area (Å²) in [5.41, 5.74) is 7.51. The maximum atomic E-state index is 5.21. The van der Waals surface area contributed by atoms with Crippen LogP contribution < -0.4 is 17.0 Å². The monoisotopic (exact) mass is 101 g/mol. The molecule has 3 nitrogen and oxygen atoms in total. The first-order chi connectivity index (χ1) is 3.31. The molecule has 0 aliphatic rings. The second-order valence-electron chi connectivity index (χ2n) is 1.21. The summed E-state index contributed by atoms with van der Waals surface area (Å²) in [6.07, 6.45) is 2.72. The fourth-order valence-electron chi connectivity index (χ4n) is 0.279. The van der Waals surface area contributed by atoms with Gasteiger partial charge in [0.05, 0.1) is 0 Å². The SMILES string of the molecule is CC/C=C(/N)NN. The van der Waals surface area contributed by atoms with E-state index in [0.29, 0.717) is 5.82 Å². The molecule has 0 spiro atoms. The highest BCUT2D eigenvalue weighted by Gasteiger charge is 1.74. The number of hydrogen-bond acceptors (Lipinski definition) is 3. The molecule has 7 heavy (non-hydrogen) atoms. The van der Waals surface area contributed by atoms with Crippen molar-refractivity contribution in [2.75, 3.05) is 0 Å². The summed E-state index contributed by atoms with van der Waals surface area (Å²) >= 11 is 0. The van der Waals surface area contributed by atoms with Crippen LogP contribution in [0.15, 0.2) is 11.9 Å². The molecule has 0 aromatic carbocycles. The van der Waals surface area contributed by atoms with E-state index in [-0.39, 0.29) is 0 Å². The van der Waals surface area contributed by atoms with Crippen molar-refractivity contribution in [3.05, 3.63) is 11.9 Å². The quantitative estimate of drug-likeness (QED) is 0.329. The van der Waals surface area contributed by atoms with Gasteiger partial charge in [-0.15, -0.1) is 0 Å². The van der Waals surface area contributed by atoms with Gasteiger partial charge in [0.2, 0.25) is 0 Å². The third kappa shape index (κ3) is 3.12. The van der Waals surface area contributed by atoms with E-state index in [1.165, 1.54) is 0 Å². The van der Waals surface area contributed by atoms with Crippen LogP contribution in [-0.2, 0) is 0 Å². The Morgan fingerprint density at radius 1 is 1.86 bits per heavy atom. The van der Waals surface area contributed by atoms with Gasteiger partial charge in [-0.25, -0.2) is 5.84 Å². The molecule has 0 aromatic heterocycles. The van der Waals surface area contributed by atoms with Crippen molar-refractivity contribution < 1.29 is 0 Å². The first-order valence-corrected chi connectivity index (χ1v) is 2.23. The van der Waals surface area contributed by atoms with E-state index in [0.717, 1.165) is 6.42 Å². The summed E-state index contributed by atoms with van der Waals surface area (Å²) in [6, 6.07) is 0. The lowest BCUT2D eigenvalue weighted by Crippen LogP contribution is -2.26. The van der Waals surface area contributed by atoms with Crippen molar-refractivity contribution in [3.63, 3.8) is 0 Å². The van der Waals surface area contributed by atoms with E-state index in [4.69, 9.17) is 11.6 Å². The Bertz CT molecular complexity index is 67.3. The summed E-state index contributed by atoms with van der Waals surface area (Å²) in [4.78, 5) is 0. The number of hydrazine groups is 1. The average molecular weight is 101 g/mol. The van der Waals surface area contributed by atoms with Crippen LogP contribution in [0.25, 0.3) is 0 Å². The smallest absolute Gasteiger partial charge is 0.106 e. The highest BCUT2D eigenvalue weighted by Crippen LogP contribution is 1.78. The molecule has 0 bridgehead atoms. The number of nitrogens with one attached hydrogen (secondary N) is 1. The van der Waals surface area contributed by atoms with Crippen LogP contribution in [-0.4, -0.2) is 0 Å². The van der Waals surface area contributed by atoms with Crippen molar-refractivity contribution in [2.45, 2.75) is 13.3 Å². The van der Waals surface area contributed by atoms with Gasteiger partial charge >= 0.3 is 0 Å². The van der Waals surface area contributed by atoms with Crippen molar-refractivity contribution >= 4 is 0 Å². The molecule has 0 saturated heterocycles. The minimum absolute atomic E-state index is 0.530.